The lowest BCUT2D eigenvalue weighted by atomic mass is 9.85. The fraction of sp³-hybridized carbons (Fsp3) is 0.588. The summed E-state index contributed by atoms with van der Waals surface area (Å²) in [7, 11) is 0. The molecule has 0 aromatic carbocycles. The number of aromatic nitrogens is 2. The van der Waals surface area contributed by atoms with E-state index in [2.05, 4.69) is 48.6 Å². The van der Waals surface area contributed by atoms with E-state index in [-0.39, 0.29) is 11.5 Å². The largest absolute Gasteiger partial charge is 0.466 e. The molecule has 116 valence electrons. The van der Waals surface area contributed by atoms with Crippen molar-refractivity contribution in [2.75, 3.05) is 0 Å². The van der Waals surface area contributed by atoms with Gasteiger partial charge in [0.05, 0.1) is 6.33 Å². The van der Waals surface area contributed by atoms with Gasteiger partial charge >= 0.3 is 0 Å². The molecule has 2 atom stereocenters. The van der Waals surface area contributed by atoms with Crippen LogP contribution in [0.1, 0.15) is 50.8 Å². The predicted molar refractivity (Wildman–Crippen MR) is 85.2 cm³/mol. The second-order valence-corrected chi connectivity index (χ2v) is 6.94. The van der Waals surface area contributed by atoms with E-state index >= 15 is 0 Å². The Morgan fingerprint density at radius 1 is 1.33 bits per heavy atom. The molecule has 0 spiro atoms. The summed E-state index contributed by atoms with van der Waals surface area (Å²) in [5.41, 5.74) is 1.40. The fourth-order valence-electron chi connectivity index (χ4n) is 2.65. The third-order valence-corrected chi connectivity index (χ3v) is 4.00. The number of hydrogen-bond acceptors (Lipinski definition) is 3. The van der Waals surface area contributed by atoms with Crippen LogP contribution in [0.2, 0.25) is 0 Å². The zero-order chi connectivity index (χ0) is 15.6. The van der Waals surface area contributed by atoms with E-state index < -0.39 is 0 Å². The van der Waals surface area contributed by atoms with Crippen LogP contribution in [0.3, 0.4) is 0 Å². The highest BCUT2D eigenvalue weighted by atomic mass is 16.3. The topological polar surface area (TPSA) is 43.0 Å². The van der Waals surface area contributed by atoms with Crippen LogP contribution in [0.5, 0.6) is 0 Å². The number of imidazole rings is 1. The molecule has 0 fully saturated rings. The van der Waals surface area contributed by atoms with Crippen molar-refractivity contribution < 1.29 is 4.42 Å². The predicted octanol–water partition coefficient (Wildman–Crippen LogP) is 3.86. The van der Waals surface area contributed by atoms with Gasteiger partial charge in [-0.25, -0.2) is 4.98 Å². The Morgan fingerprint density at radius 2 is 2.05 bits per heavy atom. The number of aryl methyl sites for hydroxylation is 2. The number of hydrogen-bond donors (Lipinski definition) is 1. The van der Waals surface area contributed by atoms with Crippen molar-refractivity contribution in [1.29, 1.82) is 0 Å². The molecule has 0 radical (unpaired) electrons. The first-order valence-corrected chi connectivity index (χ1v) is 7.56. The summed E-state index contributed by atoms with van der Waals surface area (Å²) in [5, 5.41) is 3.76. The van der Waals surface area contributed by atoms with E-state index in [1.54, 1.807) is 0 Å². The first kappa shape index (κ1) is 15.8. The monoisotopic (exact) mass is 289 g/mol. The summed E-state index contributed by atoms with van der Waals surface area (Å²) in [5.74, 6) is 1.97. The summed E-state index contributed by atoms with van der Waals surface area (Å²) >= 11 is 0. The molecule has 0 amide bonds. The van der Waals surface area contributed by atoms with E-state index in [1.807, 2.05) is 32.6 Å². The number of rotatable bonds is 5. The molecule has 4 nitrogen and oxygen atoms in total. The molecule has 0 saturated heterocycles. The van der Waals surface area contributed by atoms with E-state index in [0.717, 1.165) is 18.1 Å². The van der Waals surface area contributed by atoms with Crippen LogP contribution in [0.15, 0.2) is 29.2 Å². The summed E-state index contributed by atoms with van der Waals surface area (Å²) in [4.78, 5) is 4.13. The number of nitrogens with one attached hydrogen (secondary N) is 1. The van der Waals surface area contributed by atoms with Gasteiger partial charge in [-0.2, -0.15) is 0 Å². The minimum Gasteiger partial charge on any atom is -0.466 e. The van der Waals surface area contributed by atoms with Crippen molar-refractivity contribution in [2.45, 2.75) is 60.2 Å². The van der Waals surface area contributed by atoms with Crippen molar-refractivity contribution in [1.82, 2.24) is 14.9 Å². The average Bonchev–Trinajstić information content (AvgIpc) is 2.96. The molecule has 0 aliphatic heterocycles. The molecule has 21 heavy (non-hydrogen) atoms. The van der Waals surface area contributed by atoms with Crippen LogP contribution in [0.25, 0.3) is 0 Å². The van der Waals surface area contributed by atoms with Crippen molar-refractivity contribution in [2.24, 2.45) is 5.41 Å². The van der Waals surface area contributed by atoms with Gasteiger partial charge in [-0.15, -0.1) is 0 Å². The Morgan fingerprint density at radius 3 is 2.52 bits per heavy atom. The van der Waals surface area contributed by atoms with Crippen LogP contribution in [0, 0.1) is 19.3 Å². The van der Waals surface area contributed by atoms with Gasteiger partial charge in [-0.05, 0) is 32.3 Å². The van der Waals surface area contributed by atoms with Crippen LogP contribution in [0.4, 0.5) is 0 Å². The van der Waals surface area contributed by atoms with Crippen LogP contribution in [-0.4, -0.2) is 15.6 Å². The van der Waals surface area contributed by atoms with Crippen molar-refractivity contribution in [3.8, 4) is 0 Å². The molecule has 0 saturated carbocycles. The Labute approximate surface area is 127 Å². The fourth-order valence-corrected chi connectivity index (χ4v) is 2.65. The van der Waals surface area contributed by atoms with E-state index in [0.29, 0.717) is 6.04 Å². The van der Waals surface area contributed by atoms with Gasteiger partial charge in [0.25, 0.3) is 0 Å². The molecule has 2 rings (SSSR count). The molecule has 2 heterocycles. The first-order valence-electron chi connectivity index (χ1n) is 7.56. The second-order valence-electron chi connectivity index (χ2n) is 6.94. The standard InChI is InChI=1S/C17H27N3O/c1-12-9-15(14(3)21-12)13(2)19-16(17(4,5)6)10-20-8-7-18-11-20/h7-9,11,13,16,19H,10H2,1-6H3. The second kappa shape index (κ2) is 6.06. The van der Waals surface area contributed by atoms with Crippen molar-refractivity contribution in [3.05, 3.63) is 41.9 Å². The van der Waals surface area contributed by atoms with E-state index in [4.69, 9.17) is 4.42 Å². The van der Waals surface area contributed by atoms with E-state index in [1.165, 1.54) is 5.56 Å². The van der Waals surface area contributed by atoms with Crippen molar-refractivity contribution in [3.63, 3.8) is 0 Å². The maximum Gasteiger partial charge on any atom is 0.105 e. The van der Waals surface area contributed by atoms with Gasteiger partial charge in [-0.1, -0.05) is 20.8 Å². The lowest BCUT2D eigenvalue weighted by Crippen LogP contribution is -2.44. The Kier molecular flexibility index (Phi) is 4.57. The molecule has 0 bridgehead atoms. The van der Waals surface area contributed by atoms with Gasteiger partial charge < -0.3 is 14.3 Å². The number of nitrogens with zero attached hydrogens (tertiary/aromatic N) is 2. The van der Waals surface area contributed by atoms with E-state index in [9.17, 15) is 0 Å². The first-order chi connectivity index (χ1) is 9.77. The highest BCUT2D eigenvalue weighted by Gasteiger charge is 2.27. The normalized spacial score (nSPS) is 15.1. The third kappa shape index (κ3) is 3.97. The van der Waals surface area contributed by atoms with Gasteiger partial charge in [0.1, 0.15) is 11.5 Å². The molecule has 0 aliphatic rings. The highest BCUT2D eigenvalue weighted by molar-refractivity contribution is 5.23. The Bertz CT molecular complexity index is 563. The average molecular weight is 289 g/mol. The molecule has 2 unspecified atom stereocenters. The molecule has 1 N–H and O–H groups in total. The summed E-state index contributed by atoms with van der Waals surface area (Å²) in [6, 6.07) is 2.73. The van der Waals surface area contributed by atoms with Crippen LogP contribution in [-0.2, 0) is 6.54 Å². The quantitative estimate of drug-likeness (QED) is 0.909. The molecule has 2 aromatic rings. The van der Waals surface area contributed by atoms with Gasteiger partial charge in [-0.3, -0.25) is 0 Å². The molecular formula is C17H27N3O. The Hall–Kier alpha value is -1.55. The van der Waals surface area contributed by atoms with Crippen LogP contribution < -0.4 is 5.32 Å². The van der Waals surface area contributed by atoms with Gasteiger partial charge in [0.15, 0.2) is 0 Å². The molecule has 2 aromatic heterocycles. The lowest BCUT2D eigenvalue weighted by Gasteiger charge is -2.34. The lowest BCUT2D eigenvalue weighted by molar-refractivity contribution is 0.225. The molecule has 0 aliphatic carbocycles. The summed E-state index contributed by atoms with van der Waals surface area (Å²) < 4.78 is 7.78. The molecule has 4 heteroatoms. The zero-order valence-electron chi connectivity index (χ0n) is 14.0. The van der Waals surface area contributed by atoms with Crippen LogP contribution >= 0.6 is 0 Å². The zero-order valence-corrected chi connectivity index (χ0v) is 14.0. The maximum atomic E-state index is 5.65. The highest BCUT2D eigenvalue weighted by Crippen LogP contribution is 2.26. The number of furan rings is 1. The Balaban J connectivity index is 2.13. The summed E-state index contributed by atoms with van der Waals surface area (Å²) in [6.45, 7) is 13.9. The summed E-state index contributed by atoms with van der Waals surface area (Å²) in [6.07, 6.45) is 5.71. The SMILES string of the molecule is Cc1cc(C(C)NC(Cn2ccnc2)C(C)(C)C)c(C)o1. The van der Waals surface area contributed by atoms with Gasteiger partial charge in [0.2, 0.25) is 0 Å². The maximum absolute atomic E-state index is 5.65. The third-order valence-electron chi connectivity index (χ3n) is 4.00. The van der Waals surface area contributed by atoms with Crippen molar-refractivity contribution >= 4 is 0 Å². The van der Waals surface area contributed by atoms with Gasteiger partial charge in [0, 0.05) is 36.6 Å². The minimum absolute atomic E-state index is 0.158. The minimum atomic E-state index is 0.158. The molecular weight excluding hydrogens is 262 g/mol. The smallest absolute Gasteiger partial charge is 0.105 e.